The normalized spacial score (nSPS) is 18.2. The molecule has 1 aliphatic heterocycles. The highest BCUT2D eigenvalue weighted by Gasteiger charge is 2.19. The Morgan fingerprint density at radius 2 is 1.91 bits per heavy atom. The summed E-state index contributed by atoms with van der Waals surface area (Å²) in [6.45, 7) is 4.65. The number of aliphatic hydroxyl groups is 1. The number of nitrogens with zero attached hydrogens (tertiary/aromatic N) is 1. The average molecular weight is 312 g/mol. The third kappa shape index (κ3) is 5.03. The first-order chi connectivity index (χ1) is 10.4. The van der Waals surface area contributed by atoms with Crippen LogP contribution in [0.4, 0.5) is 8.78 Å². The van der Waals surface area contributed by atoms with Gasteiger partial charge < -0.3 is 15.3 Å². The number of amides is 1. The number of hydrogen-bond acceptors (Lipinski definition) is 3. The first-order valence-corrected chi connectivity index (χ1v) is 7.58. The lowest BCUT2D eigenvalue weighted by Gasteiger charge is -2.31. The SMILES string of the molecule is CC1CCN(CC(O)CNC(=O)c2cc(F)cc(F)c2)CC1. The molecule has 1 saturated heterocycles. The number of benzene rings is 1. The largest absolute Gasteiger partial charge is 0.390 e. The van der Waals surface area contributed by atoms with Crippen LogP contribution in [-0.4, -0.2) is 48.2 Å². The minimum atomic E-state index is -0.798. The van der Waals surface area contributed by atoms with E-state index in [-0.39, 0.29) is 12.1 Å². The lowest BCUT2D eigenvalue weighted by atomic mass is 9.99. The Balaban J connectivity index is 1.78. The van der Waals surface area contributed by atoms with Gasteiger partial charge >= 0.3 is 0 Å². The molecule has 0 saturated carbocycles. The summed E-state index contributed by atoms with van der Waals surface area (Å²) in [4.78, 5) is 14.0. The zero-order valence-electron chi connectivity index (χ0n) is 12.7. The number of halogens is 2. The molecule has 0 bridgehead atoms. The van der Waals surface area contributed by atoms with E-state index in [1.165, 1.54) is 0 Å². The van der Waals surface area contributed by atoms with Gasteiger partial charge in [0.2, 0.25) is 0 Å². The predicted molar refractivity (Wildman–Crippen MR) is 79.5 cm³/mol. The predicted octanol–water partition coefficient (Wildman–Crippen LogP) is 1.79. The quantitative estimate of drug-likeness (QED) is 0.871. The number of rotatable bonds is 5. The molecule has 1 atom stereocenters. The zero-order valence-corrected chi connectivity index (χ0v) is 12.7. The highest BCUT2D eigenvalue weighted by Crippen LogP contribution is 2.15. The van der Waals surface area contributed by atoms with Crippen LogP contribution in [0.3, 0.4) is 0 Å². The second-order valence-electron chi connectivity index (χ2n) is 6.01. The van der Waals surface area contributed by atoms with Gasteiger partial charge in [0, 0.05) is 24.7 Å². The highest BCUT2D eigenvalue weighted by molar-refractivity contribution is 5.94. The summed E-state index contributed by atoms with van der Waals surface area (Å²) >= 11 is 0. The molecule has 0 aliphatic carbocycles. The fourth-order valence-corrected chi connectivity index (χ4v) is 2.60. The van der Waals surface area contributed by atoms with Crippen molar-refractivity contribution in [3.63, 3.8) is 0 Å². The third-order valence-corrected chi connectivity index (χ3v) is 3.97. The van der Waals surface area contributed by atoms with Crippen molar-refractivity contribution < 1.29 is 18.7 Å². The summed E-state index contributed by atoms with van der Waals surface area (Å²) in [6, 6.07) is 2.65. The molecular weight excluding hydrogens is 290 g/mol. The Labute approximate surface area is 129 Å². The lowest BCUT2D eigenvalue weighted by molar-refractivity contribution is 0.0795. The molecule has 0 radical (unpaired) electrons. The van der Waals surface area contributed by atoms with Crippen molar-refractivity contribution in [2.24, 2.45) is 5.92 Å². The summed E-state index contributed by atoms with van der Waals surface area (Å²) in [5.74, 6) is -1.47. The summed E-state index contributed by atoms with van der Waals surface area (Å²) < 4.78 is 26.1. The Morgan fingerprint density at radius 1 is 1.32 bits per heavy atom. The molecule has 22 heavy (non-hydrogen) atoms. The average Bonchev–Trinajstić information content (AvgIpc) is 2.46. The van der Waals surface area contributed by atoms with Gasteiger partial charge in [0.1, 0.15) is 11.6 Å². The molecule has 1 unspecified atom stereocenters. The Morgan fingerprint density at radius 3 is 2.50 bits per heavy atom. The minimum Gasteiger partial charge on any atom is -0.390 e. The van der Waals surface area contributed by atoms with E-state index in [4.69, 9.17) is 0 Å². The molecule has 1 heterocycles. The van der Waals surface area contributed by atoms with Crippen molar-refractivity contribution in [1.29, 1.82) is 0 Å². The van der Waals surface area contributed by atoms with Gasteiger partial charge in [-0.2, -0.15) is 0 Å². The van der Waals surface area contributed by atoms with Crippen LogP contribution in [0.25, 0.3) is 0 Å². The van der Waals surface area contributed by atoms with Gasteiger partial charge in [0.05, 0.1) is 6.10 Å². The van der Waals surface area contributed by atoms with Crippen molar-refractivity contribution >= 4 is 5.91 Å². The maximum Gasteiger partial charge on any atom is 0.251 e. The molecule has 4 nitrogen and oxygen atoms in total. The molecular formula is C16H22F2N2O2. The van der Waals surface area contributed by atoms with Crippen LogP contribution in [0.15, 0.2) is 18.2 Å². The number of piperidine rings is 1. The Bertz CT molecular complexity index is 497. The van der Waals surface area contributed by atoms with Crippen molar-refractivity contribution in [3.05, 3.63) is 35.4 Å². The maximum absolute atomic E-state index is 13.1. The molecule has 0 aromatic heterocycles. The van der Waals surface area contributed by atoms with Crippen molar-refractivity contribution in [3.8, 4) is 0 Å². The van der Waals surface area contributed by atoms with E-state index in [1.807, 2.05) is 0 Å². The first kappa shape index (κ1) is 16.8. The zero-order chi connectivity index (χ0) is 16.1. The second-order valence-corrected chi connectivity index (χ2v) is 6.01. The van der Waals surface area contributed by atoms with E-state index >= 15 is 0 Å². The summed E-state index contributed by atoms with van der Waals surface area (Å²) in [6.07, 6.45) is 1.53. The van der Waals surface area contributed by atoms with E-state index in [0.717, 1.165) is 44.0 Å². The molecule has 0 spiro atoms. The van der Waals surface area contributed by atoms with Crippen LogP contribution in [0.2, 0.25) is 0 Å². The Hall–Kier alpha value is -1.53. The number of nitrogens with one attached hydrogen (secondary N) is 1. The highest BCUT2D eigenvalue weighted by atomic mass is 19.1. The topological polar surface area (TPSA) is 52.6 Å². The minimum absolute atomic E-state index is 0.0586. The maximum atomic E-state index is 13.1. The number of β-amino-alcohol motifs (C(OH)–C–C–N with tert-alkyl or cyclic N) is 1. The smallest absolute Gasteiger partial charge is 0.251 e. The molecule has 2 N–H and O–H groups in total. The number of likely N-dealkylation sites (tertiary alicyclic amines) is 1. The van der Waals surface area contributed by atoms with Crippen LogP contribution in [0.5, 0.6) is 0 Å². The molecule has 2 rings (SSSR count). The van der Waals surface area contributed by atoms with E-state index in [9.17, 15) is 18.7 Å². The van der Waals surface area contributed by atoms with Crippen LogP contribution >= 0.6 is 0 Å². The van der Waals surface area contributed by atoms with E-state index < -0.39 is 23.6 Å². The van der Waals surface area contributed by atoms with Gasteiger partial charge in [-0.1, -0.05) is 6.92 Å². The van der Waals surface area contributed by atoms with Gasteiger partial charge in [-0.3, -0.25) is 4.79 Å². The standard InChI is InChI=1S/C16H22F2N2O2/c1-11-2-4-20(5-3-11)10-15(21)9-19-16(22)12-6-13(17)8-14(18)7-12/h6-8,11,15,21H,2-5,9-10H2,1H3,(H,19,22). The van der Waals surface area contributed by atoms with Crippen molar-refractivity contribution in [1.82, 2.24) is 10.2 Å². The van der Waals surface area contributed by atoms with E-state index in [2.05, 4.69) is 17.1 Å². The van der Waals surface area contributed by atoms with Crippen molar-refractivity contribution in [2.45, 2.75) is 25.9 Å². The number of hydrogen-bond donors (Lipinski definition) is 2. The van der Waals surface area contributed by atoms with Crippen LogP contribution in [0, 0.1) is 17.6 Å². The molecule has 1 fully saturated rings. The Kier molecular flexibility index (Phi) is 5.85. The molecule has 1 aliphatic rings. The van der Waals surface area contributed by atoms with Gasteiger partial charge in [0.15, 0.2) is 0 Å². The fraction of sp³-hybridized carbons (Fsp3) is 0.562. The van der Waals surface area contributed by atoms with Gasteiger partial charge in [-0.25, -0.2) is 8.78 Å². The van der Waals surface area contributed by atoms with Crippen molar-refractivity contribution in [2.75, 3.05) is 26.2 Å². The molecule has 1 amide bonds. The van der Waals surface area contributed by atoms with Crippen LogP contribution in [0.1, 0.15) is 30.1 Å². The second kappa shape index (κ2) is 7.65. The summed E-state index contributed by atoms with van der Waals surface area (Å²) in [7, 11) is 0. The molecule has 6 heteroatoms. The molecule has 1 aromatic rings. The molecule has 1 aromatic carbocycles. The van der Waals surface area contributed by atoms with Gasteiger partial charge in [0.25, 0.3) is 5.91 Å². The van der Waals surface area contributed by atoms with Gasteiger partial charge in [-0.05, 0) is 44.0 Å². The summed E-state index contributed by atoms with van der Waals surface area (Å²) in [5, 5.41) is 12.5. The number of aliphatic hydroxyl groups excluding tert-OH is 1. The summed E-state index contributed by atoms with van der Waals surface area (Å²) in [5.41, 5.74) is -0.0866. The first-order valence-electron chi connectivity index (χ1n) is 7.58. The van der Waals surface area contributed by atoms with Gasteiger partial charge in [-0.15, -0.1) is 0 Å². The number of carbonyl (C=O) groups is 1. The van der Waals surface area contributed by atoms with Crippen LogP contribution < -0.4 is 5.32 Å². The third-order valence-electron chi connectivity index (χ3n) is 3.97. The fourth-order valence-electron chi connectivity index (χ4n) is 2.60. The van der Waals surface area contributed by atoms with Crippen LogP contribution in [-0.2, 0) is 0 Å². The van der Waals surface area contributed by atoms with E-state index in [0.29, 0.717) is 12.6 Å². The lowest BCUT2D eigenvalue weighted by Crippen LogP contribution is -2.43. The number of carbonyl (C=O) groups excluding carboxylic acids is 1. The van der Waals surface area contributed by atoms with E-state index in [1.54, 1.807) is 0 Å². The molecule has 122 valence electrons. The monoisotopic (exact) mass is 312 g/mol.